The van der Waals surface area contributed by atoms with Gasteiger partial charge in [0.1, 0.15) is 23.9 Å². The molecule has 4 nitrogen and oxygen atoms in total. The molecule has 0 fully saturated rings. The van der Waals surface area contributed by atoms with E-state index < -0.39 is 6.16 Å². The minimum absolute atomic E-state index is 0.125. The zero-order chi connectivity index (χ0) is 17.0. The summed E-state index contributed by atoms with van der Waals surface area (Å²) in [5.41, 5.74) is 2.09. The topological polar surface area (TPSA) is 44.8 Å². The molecular formula is C17H16BrFO4. The summed E-state index contributed by atoms with van der Waals surface area (Å²) in [6.45, 7) is 3.67. The zero-order valence-corrected chi connectivity index (χ0v) is 14.6. The van der Waals surface area contributed by atoms with Crippen LogP contribution in [0.1, 0.15) is 16.7 Å². The van der Waals surface area contributed by atoms with E-state index in [4.69, 9.17) is 9.47 Å². The standard InChI is InChI=1S/C17H16BrFO4/c1-10-5-4-6-15(23-17(20)21-3)12(10)9-22-16-8-14(19)11(2)7-13(16)18/h4-8H,9H2,1-3H3. The fourth-order valence-electron chi connectivity index (χ4n) is 1.98. The number of benzene rings is 2. The fourth-order valence-corrected chi connectivity index (χ4v) is 2.55. The van der Waals surface area contributed by atoms with Crippen LogP contribution in [0, 0.1) is 19.7 Å². The molecule has 2 rings (SSSR count). The van der Waals surface area contributed by atoms with Crippen LogP contribution in [-0.2, 0) is 11.3 Å². The van der Waals surface area contributed by atoms with Crippen LogP contribution in [-0.4, -0.2) is 13.3 Å². The molecular weight excluding hydrogens is 367 g/mol. The molecule has 0 aromatic heterocycles. The normalized spacial score (nSPS) is 10.3. The number of carbonyl (C=O) groups is 1. The van der Waals surface area contributed by atoms with E-state index in [1.165, 1.54) is 13.2 Å². The SMILES string of the molecule is COC(=O)Oc1cccc(C)c1COc1cc(F)c(C)cc1Br. The van der Waals surface area contributed by atoms with Crippen molar-refractivity contribution in [3.8, 4) is 11.5 Å². The lowest BCUT2D eigenvalue weighted by molar-refractivity contribution is 0.120. The molecule has 0 radical (unpaired) electrons. The van der Waals surface area contributed by atoms with Crippen LogP contribution in [0.2, 0.25) is 0 Å². The van der Waals surface area contributed by atoms with E-state index in [9.17, 15) is 9.18 Å². The first-order chi connectivity index (χ1) is 10.9. The highest BCUT2D eigenvalue weighted by atomic mass is 79.9. The first-order valence-corrected chi connectivity index (χ1v) is 7.64. The van der Waals surface area contributed by atoms with Gasteiger partial charge in [-0.3, -0.25) is 0 Å². The van der Waals surface area contributed by atoms with Crippen molar-refractivity contribution in [1.29, 1.82) is 0 Å². The minimum Gasteiger partial charge on any atom is -0.487 e. The van der Waals surface area contributed by atoms with Gasteiger partial charge in [-0.2, -0.15) is 0 Å². The van der Waals surface area contributed by atoms with Crippen LogP contribution in [0.4, 0.5) is 9.18 Å². The molecule has 0 spiro atoms. The monoisotopic (exact) mass is 382 g/mol. The summed E-state index contributed by atoms with van der Waals surface area (Å²) in [6.07, 6.45) is -0.806. The molecule has 0 heterocycles. The lowest BCUT2D eigenvalue weighted by atomic mass is 10.1. The molecule has 0 atom stereocenters. The highest BCUT2D eigenvalue weighted by molar-refractivity contribution is 9.10. The maximum Gasteiger partial charge on any atom is 0.513 e. The predicted molar refractivity (Wildman–Crippen MR) is 87.4 cm³/mol. The largest absolute Gasteiger partial charge is 0.513 e. The van der Waals surface area contributed by atoms with Gasteiger partial charge in [0, 0.05) is 11.6 Å². The van der Waals surface area contributed by atoms with Gasteiger partial charge >= 0.3 is 6.16 Å². The van der Waals surface area contributed by atoms with Crippen LogP contribution in [0.5, 0.6) is 11.5 Å². The Balaban J connectivity index is 2.23. The summed E-state index contributed by atoms with van der Waals surface area (Å²) in [4.78, 5) is 11.3. The van der Waals surface area contributed by atoms with Gasteiger partial charge in [0.05, 0.1) is 11.6 Å². The number of hydrogen-bond donors (Lipinski definition) is 0. The number of methoxy groups -OCH3 is 1. The third-order valence-corrected chi connectivity index (χ3v) is 3.93. The average Bonchev–Trinajstić information content (AvgIpc) is 2.51. The molecule has 0 unspecified atom stereocenters. The molecule has 0 N–H and O–H groups in total. The van der Waals surface area contributed by atoms with Crippen LogP contribution in [0.3, 0.4) is 0 Å². The lowest BCUT2D eigenvalue weighted by Gasteiger charge is -2.14. The highest BCUT2D eigenvalue weighted by Crippen LogP contribution is 2.30. The summed E-state index contributed by atoms with van der Waals surface area (Å²) in [5.74, 6) is 0.375. The van der Waals surface area contributed by atoms with Crippen molar-refractivity contribution in [3.63, 3.8) is 0 Å². The van der Waals surface area contributed by atoms with E-state index in [2.05, 4.69) is 20.7 Å². The third-order valence-electron chi connectivity index (χ3n) is 3.31. The van der Waals surface area contributed by atoms with Gasteiger partial charge in [0.25, 0.3) is 0 Å². The van der Waals surface area contributed by atoms with Crippen LogP contribution < -0.4 is 9.47 Å². The Morgan fingerprint density at radius 1 is 1.17 bits per heavy atom. The lowest BCUT2D eigenvalue weighted by Crippen LogP contribution is -2.10. The first-order valence-electron chi connectivity index (χ1n) is 6.85. The molecule has 2 aromatic carbocycles. The van der Waals surface area contributed by atoms with Crippen molar-refractivity contribution in [2.75, 3.05) is 7.11 Å². The van der Waals surface area contributed by atoms with E-state index in [1.54, 1.807) is 25.1 Å². The van der Waals surface area contributed by atoms with E-state index in [1.807, 2.05) is 13.0 Å². The van der Waals surface area contributed by atoms with Gasteiger partial charge in [-0.1, -0.05) is 12.1 Å². The van der Waals surface area contributed by atoms with Crippen LogP contribution >= 0.6 is 15.9 Å². The van der Waals surface area contributed by atoms with Crippen molar-refractivity contribution in [3.05, 3.63) is 57.3 Å². The second-order valence-electron chi connectivity index (χ2n) is 4.93. The molecule has 2 aromatic rings. The molecule has 0 aliphatic rings. The number of halogens is 2. The second-order valence-corrected chi connectivity index (χ2v) is 5.78. The molecule has 0 amide bonds. The molecule has 122 valence electrons. The minimum atomic E-state index is -0.806. The Kier molecular flexibility index (Phi) is 5.60. The Morgan fingerprint density at radius 2 is 1.91 bits per heavy atom. The number of carbonyl (C=O) groups excluding carboxylic acids is 1. The molecule has 0 aliphatic carbocycles. The summed E-state index contributed by atoms with van der Waals surface area (Å²) in [6, 6.07) is 8.24. The van der Waals surface area contributed by atoms with Gasteiger partial charge in [0.2, 0.25) is 0 Å². The van der Waals surface area contributed by atoms with E-state index in [0.717, 1.165) is 5.56 Å². The molecule has 0 saturated carbocycles. The van der Waals surface area contributed by atoms with Crippen molar-refractivity contribution in [2.24, 2.45) is 0 Å². The quantitative estimate of drug-likeness (QED) is 0.555. The molecule has 0 bridgehead atoms. The Labute approximate surface area is 142 Å². The average molecular weight is 383 g/mol. The van der Waals surface area contributed by atoms with Crippen molar-refractivity contribution in [1.82, 2.24) is 0 Å². The van der Waals surface area contributed by atoms with Gasteiger partial charge < -0.3 is 14.2 Å². The van der Waals surface area contributed by atoms with Crippen molar-refractivity contribution >= 4 is 22.1 Å². The Morgan fingerprint density at radius 3 is 2.61 bits per heavy atom. The van der Waals surface area contributed by atoms with Gasteiger partial charge in [-0.05, 0) is 53.0 Å². The number of hydrogen-bond acceptors (Lipinski definition) is 4. The van der Waals surface area contributed by atoms with Crippen LogP contribution in [0.25, 0.3) is 0 Å². The first kappa shape index (κ1) is 17.3. The Bertz CT molecular complexity index is 731. The maximum atomic E-state index is 13.7. The summed E-state index contributed by atoms with van der Waals surface area (Å²) in [5, 5.41) is 0. The molecule has 0 aliphatic heterocycles. The van der Waals surface area contributed by atoms with Crippen molar-refractivity contribution in [2.45, 2.75) is 20.5 Å². The summed E-state index contributed by atoms with van der Waals surface area (Å²) < 4.78 is 29.6. The maximum absolute atomic E-state index is 13.7. The summed E-state index contributed by atoms with van der Waals surface area (Å²) >= 11 is 3.35. The molecule has 0 saturated heterocycles. The molecule has 6 heteroatoms. The number of ether oxygens (including phenoxy) is 3. The van der Waals surface area contributed by atoms with Gasteiger partial charge in [0.15, 0.2) is 0 Å². The predicted octanol–water partition coefficient (Wildman–Crippen LogP) is 4.93. The van der Waals surface area contributed by atoms with Gasteiger partial charge in [-0.25, -0.2) is 9.18 Å². The summed E-state index contributed by atoms with van der Waals surface area (Å²) in [7, 11) is 1.24. The number of aryl methyl sites for hydroxylation is 2. The fraction of sp³-hybridized carbons (Fsp3) is 0.235. The third kappa shape index (κ3) is 4.22. The zero-order valence-electron chi connectivity index (χ0n) is 13.0. The van der Waals surface area contributed by atoms with Crippen molar-refractivity contribution < 1.29 is 23.4 Å². The van der Waals surface area contributed by atoms with Crippen LogP contribution in [0.15, 0.2) is 34.8 Å². The second kappa shape index (κ2) is 7.46. The molecule has 23 heavy (non-hydrogen) atoms. The Hall–Kier alpha value is -2.08. The van der Waals surface area contributed by atoms with E-state index in [-0.39, 0.29) is 12.4 Å². The van der Waals surface area contributed by atoms with E-state index >= 15 is 0 Å². The number of rotatable bonds is 4. The smallest absolute Gasteiger partial charge is 0.487 e. The highest BCUT2D eigenvalue weighted by Gasteiger charge is 2.13. The van der Waals surface area contributed by atoms with Gasteiger partial charge in [-0.15, -0.1) is 0 Å². The van der Waals surface area contributed by atoms with E-state index in [0.29, 0.717) is 27.1 Å².